The Hall–Kier alpha value is -7.56. The van der Waals surface area contributed by atoms with Crippen LogP contribution >= 0.6 is 0 Å². The second-order valence-corrected chi connectivity index (χ2v) is 14.2. The molecule has 0 N–H and O–H groups in total. The molecule has 4 heteroatoms. The molecule has 0 saturated carbocycles. The van der Waals surface area contributed by atoms with E-state index in [1.165, 1.54) is 32.3 Å². The number of benzene rings is 8. The standard InChI is InChI=1S/C52H32N4/c1-3-12-33(13-4-1)48-32-49(34-14-5-2-6-15-34)56-52(55-48)39-17-11-16-37(30-39)46-28-25-35-22-23-36-26-29-47(54-51(36)50(35)53-46)38-24-27-44-42-20-8-7-18-40(42)41-19-9-10-21-43(41)45(44)31-38/h1-32H. The molecule has 0 atom stereocenters. The Kier molecular flexibility index (Phi) is 7.46. The summed E-state index contributed by atoms with van der Waals surface area (Å²) in [6.45, 7) is 0. The van der Waals surface area contributed by atoms with Crippen LogP contribution in [0.25, 0.3) is 111 Å². The molecule has 0 saturated heterocycles. The first-order chi connectivity index (χ1) is 27.7. The minimum absolute atomic E-state index is 0.667. The minimum Gasteiger partial charge on any atom is -0.245 e. The molecule has 11 aromatic rings. The van der Waals surface area contributed by atoms with Crippen molar-refractivity contribution in [2.24, 2.45) is 0 Å². The Labute approximate surface area is 323 Å². The van der Waals surface area contributed by atoms with Crippen LogP contribution in [0.1, 0.15) is 0 Å². The molecule has 3 aromatic heterocycles. The minimum atomic E-state index is 0.667. The highest BCUT2D eigenvalue weighted by molar-refractivity contribution is 6.25. The SMILES string of the molecule is c1ccc(-c2cc(-c3ccccc3)nc(-c3cccc(-c4ccc5ccc6ccc(-c7ccc8c9ccccc9c9ccccc9c8c7)nc6c5n4)c3)n2)cc1. The van der Waals surface area contributed by atoms with Crippen LogP contribution in [-0.2, 0) is 0 Å². The Morgan fingerprint density at radius 3 is 1.21 bits per heavy atom. The highest BCUT2D eigenvalue weighted by atomic mass is 14.9. The fraction of sp³-hybridized carbons (Fsp3) is 0. The van der Waals surface area contributed by atoms with Crippen molar-refractivity contribution in [3.05, 3.63) is 194 Å². The Morgan fingerprint density at radius 1 is 0.232 bits per heavy atom. The maximum atomic E-state index is 5.32. The third kappa shape index (κ3) is 5.47. The van der Waals surface area contributed by atoms with Gasteiger partial charge in [0, 0.05) is 38.6 Å². The summed E-state index contributed by atoms with van der Waals surface area (Å²) in [5.74, 6) is 0.667. The Morgan fingerprint density at radius 2 is 0.661 bits per heavy atom. The van der Waals surface area contributed by atoms with Gasteiger partial charge in [-0.1, -0.05) is 164 Å². The van der Waals surface area contributed by atoms with Crippen molar-refractivity contribution in [1.82, 2.24) is 19.9 Å². The van der Waals surface area contributed by atoms with Crippen LogP contribution in [0.5, 0.6) is 0 Å². The van der Waals surface area contributed by atoms with Crippen LogP contribution in [-0.4, -0.2) is 19.9 Å². The monoisotopic (exact) mass is 712 g/mol. The number of hydrogen-bond acceptors (Lipinski definition) is 4. The van der Waals surface area contributed by atoms with Crippen LogP contribution in [0, 0.1) is 0 Å². The lowest BCUT2D eigenvalue weighted by molar-refractivity contribution is 1.18. The Bertz CT molecular complexity index is 3210. The lowest BCUT2D eigenvalue weighted by Gasteiger charge is -2.12. The lowest BCUT2D eigenvalue weighted by Crippen LogP contribution is -1.96. The molecule has 11 rings (SSSR count). The molecule has 0 spiro atoms. The summed E-state index contributed by atoms with van der Waals surface area (Å²) in [7, 11) is 0. The predicted molar refractivity (Wildman–Crippen MR) is 232 cm³/mol. The number of hydrogen-bond donors (Lipinski definition) is 0. The molecule has 0 aliphatic rings. The van der Waals surface area contributed by atoms with Crippen molar-refractivity contribution in [2.45, 2.75) is 0 Å². The van der Waals surface area contributed by atoms with E-state index in [4.69, 9.17) is 19.9 Å². The number of pyridine rings is 2. The molecule has 4 nitrogen and oxygen atoms in total. The summed E-state index contributed by atoms with van der Waals surface area (Å²) in [6, 6.07) is 67.9. The quantitative estimate of drug-likeness (QED) is 0.167. The van der Waals surface area contributed by atoms with Crippen LogP contribution in [0.3, 0.4) is 0 Å². The maximum absolute atomic E-state index is 5.32. The number of rotatable bonds is 5. The summed E-state index contributed by atoms with van der Waals surface area (Å²) in [5, 5.41) is 9.62. The topological polar surface area (TPSA) is 51.6 Å². The van der Waals surface area contributed by atoms with E-state index in [0.717, 1.165) is 72.4 Å². The molecule has 0 aliphatic carbocycles. The second kappa shape index (κ2) is 13.1. The van der Waals surface area contributed by atoms with Crippen LogP contribution < -0.4 is 0 Å². The average Bonchev–Trinajstić information content (AvgIpc) is 3.29. The van der Waals surface area contributed by atoms with Crippen LogP contribution in [0.2, 0.25) is 0 Å². The predicted octanol–water partition coefficient (Wildman–Crippen LogP) is 13.4. The summed E-state index contributed by atoms with van der Waals surface area (Å²) in [6.07, 6.45) is 0. The molecule has 0 radical (unpaired) electrons. The van der Waals surface area contributed by atoms with E-state index in [2.05, 4.69) is 158 Å². The molecular formula is C52H32N4. The van der Waals surface area contributed by atoms with Crippen molar-refractivity contribution in [3.63, 3.8) is 0 Å². The molecule has 0 unspecified atom stereocenters. The van der Waals surface area contributed by atoms with E-state index < -0.39 is 0 Å². The van der Waals surface area contributed by atoms with Gasteiger partial charge in [-0.15, -0.1) is 0 Å². The van der Waals surface area contributed by atoms with Gasteiger partial charge >= 0.3 is 0 Å². The van der Waals surface area contributed by atoms with Gasteiger partial charge in [0.25, 0.3) is 0 Å². The highest BCUT2D eigenvalue weighted by Crippen LogP contribution is 2.38. The van der Waals surface area contributed by atoms with E-state index in [1.54, 1.807) is 0 Å². The molecule has 260 valence electrons. The van der Waals surface area contributed by atoms with Crippen molar-refractivity contribution in [2.75, 3.05) is 0 Å². The van der Waals surface area contributed by atoms with Gasteiger partial charge in [-0.2, -0.15) is 0 Å². The zero-order valence-corrected chi connectivity index (χ0v) is 30.3. The first-order valence-corrected chi connectivity index (χ1v) is 18.9. The Balaban J connectivity index is 1.02. The van der Waals surface area contributed by atoms with Crippen molar-refractivity contribution < 1.29 is 0 Å². The fourth-order valence-corrected chi connectivity index (χ4v) is 8.06. The van der Waals surface area contributed by atoms with Gasteiger partial charge in [-0.05, 0) is 62.6 Å². The summed E-state index contributed by atoms with van der Waals surface area (Å²) < 4.78 is 0. The number of aromatic nitrogens is 4. The third-order valence-corrected chi connectivity index (χ3v) is 10.8. The normalized spacial score (nSPS) is 11.6. The van der Waals surface area contributed by atoms with Gasteiger partial charge in [-0.3, -0.25) is 0 Å². The third-order valence-electron chi connectivity index (χ3n) is 10.8. The molecule has 8 aromatic carbocycles. The van der Waals surface area contributed by atoms with Crippen LogP contribution in [0.4, 0.5) is 0 Å². The highest BCUT2D eigenvalue weighted by Gasteiger charge is 2.15. The molecule has 0 bridgehead atoms. The fourth-order valence-electron chi connectivity index (χ4n) is 8.06. The van der Waals surface area contributed by atoms with Crippen LogP contribution in [0.15, 0.2) is 194 Å². The number of fused-ring (bicyclic) bond motifs is 9. The lowest BCUT2D eigenvalue weighted by atomic mass is 9.93. The first-order valence-electron chi connectivity index (χ1n) is 18.9. The molecular weight excluding hydrogens is 681 g/mol. The zero-order chi connectivity index (χ0) is 37.0. The van der Waals surface area contributed by atoms with Gasteiger partial charge in [0.1, 0.15) is 0 Å². The van der Waals surface area contributed by atoms with Gasteiger partial charge < -0.3 is 0 Å². The molecule has 0 amide bonds. The van der Waals surface area contributed by atoms with Gasteiger partial charge in [-0.25, -0.2) is 19.9 Å². The zero-order valence-electron chi connectivity index (χ0n) is 30.3. The maximum Gasteiger partial charge on any atom is 0.160 e. The van der Waals surface area contributed by atoms with E-state index in [-0.39, 0.29) is 0 Å². The molecule has 0 fully saturated rings. The molecule has 3 heterocycles. The van der Waals surface area contributed by atoms with Crippen molar-refractivity contribution in [1.29, 1.82) is 0 Å². The van der Waals surface area contributed by atoms with Crippen molar-refractivity contribution >= 4 is 54.1 Å². The first kappa shape index (κ1) is 31.9. The average molecular weight is 713 g/mol. The van der Waals surface area contributed by atoms with E-state index in [1.807, 2.05) is 36.4 Å². The molecule has 0 aliphatic heterocycles. The van der Waals surface area contributed by atoms with Gasteiger partial charge in [0.2, 0.25) is 0 Å². The smallest absolute Gasteiger partial charge is 0.160 e. The van der Waals surface area contributed by atoms with Crippen molar-refractivity contribution in [3.8, 4) is 56.4 Å². The van der Waals surface area contributed by atoms with E-state index in [9.17, 15) is 0 Å². The molecule has 56 heavy (non-hydrogen) atoms. The van der Waals surface area contributed by atoms with Gasteiger partial charge in [0.15, 0.2) is 5.82 Å². The summed E-state index contributed by atoms with van der Waals surface area (Å²) in [5.41, 5.74) is 10.4. The second-order valence-electron chi connectivity index (χ2n) is 14.2. The van der Waals surface area contributed by atoms with Gasteiger partial charge in [0.05, 0.1) is 33.8 Å². The summed E-state index contributed by atoms with van der Waals surface area (Å²) in [4.78, 5) is 20.8. The number of nitrogens with zero attached hydrogens (tertiary/aromatic N) is 4. The largest absolute Gasteiger partial charge is 0.245 e. The van der Waals surface area contributed by atoms with E-state index >= 15 is 0 Å². The summed E-state index contributed by atoms with van der Waals surface area (Å²) >= 11 is 0. The van der Waals surface area contributed by atoms with E-state index in [0.29, 0.717) is 5.82 Å².